The van der Waals surface area contributed by atoms with Crippen molar-refractivity contribution in [2.45, 2.75) is 6.54 Å². The van der Waals surface area contributed by atoms with E-state index in [9.17, 15) is 9.18 Å². The van der Waals surface area contributed by atoms with E-state index in [1.165, 1.54) is 6.07 Å². The fourth-order valence-electron chi connectivity index (χ4n) is 1.44. The number of benzene rings is 1. The molecule has 0 bridgehead atoms. The molecule has 1 aromatic heterocycles. The average Bonchev–Trinajstić information content (AvgIpc) is 2.40. The van der Waals surface area contributed by atoms with E-state index >= 15 is 0 Å². The van der Waals surface area contributed by atoms with Gasteiger partial charge in [-0.3, -0.25) is 9.78 Å². The molecule has 4 nitrogen and oxygen atoms in total. The first-order valence-electron chi connectivity index (χ1n) is 5.32. The number of pyridine rings is 1. The van der Waals surface area contributed by atoms with E-state index in [1.54, 1.807) is 18.5 Å². The first-order chi connectivity index (χ1) is 8.66. The van der Waals surface area contributed by atoms with E-state index in [1.807, 2.05) is 6.07 Å². The van der Waals surface area contributed by atoms with Gasteiger partial charge in [-0.15, -0.1) is 0 Å². The average molecular weight is 246 g/mol. The van der Waals surface area contributed by atoms with Crippen LogP contribution in [0.3, 0.4) is 0 Å². The molecule has 1 heterocycles. The van der Waals surface area contributed by atoms with Crippen molar-refractivity contribution in [2.24, 2.45) is 0 Å². The van der Waals surface area contributed by atoms with Gasteiger partial charge in [0.05, 0.1) is 0 Å². The highest BCUT2D eigenvalue weighted by molar-refractivity contribution is 5.94. The summed E-state index contributed by atoms with van der Waals surface area (Å²) in [6, 6.07) is 7.09. The van der Waals surface area contributed by atoms with Gasteiger partial charge in [-0.2, -0.15) is 0 Å². The van der Waals surface area contributed by atoms with Crippen molar-refractivity contribution in [2.75, 3.05) is 0 Å². The molecule has 0 atom stereocenters. The first-order valence-corrected chi connectivity index (χ1v) is 5.32. The van der Waals surface area contributed by atoms with Crippen molar-refractivity contribution in [1.82, 2.24) is 10.3 Å². The third-order valence-electron chi connectivity index (χ3n) is 2.39. The zero-order chi connectivity index (χ0) is 13.0. The third-order valence-corrected chi connectivity index (χ3v) is 2.39. The molecule has 2 rings (SSSR count). The smallest absolute Gasteiger partial charge is 0.251 e. The van der Waals surface area contributed by atoms with Crippen molar-refractivity contribution in [3.05, 3.63) is 59.7 Å². The minimum Gasteiger partial charge on any atom is -0.505 e. The van der Waals surface area contributed by atoms with E-state index in [0.29, 0.717) is 6.54 Å². The SMILES string of the molecule is O=C(NCc1cccnc1)c1ccc(O)c(F)c1. The Balaban J connectivity index is 2.02. The highest BCUT2D eigenvalue weighted by Crippen LogP contribution is 2.16. The lowest BCUT2D eigenvalue weighted by Crippen LogP contribution is -2.22. The maximum absolute atomic E-state index is 13.1. The number of nitrogens with zero attached hydrogens (tertiary/aromatic N) is 1. The molecule has 0 unspecified atom stereocenters. The molecule has 0 spiro atoms. The second-order valence-electron chi connectivity index (χ2n) is 3.71. The van der Waals surface area contributed by atoms with Crippen molar-refractivity contribution in [3.63, 3.8) is 0 Å². The van der Waals surface area contributed by atoms with Crippen LogP contribution in [-0.2, 0) is 6.54 Å². The zero-order valence-electron chi connectivity index (χ0n) is 9.43. The number of carbonyl (C=O) groups excluding carboxylic acids is 1. The molecule has 2 N–H and O–H groups in total. The van der Waals surface area contributed by atoms with Crippen LogP contribution in [0.15, 0.2) is 42.7 Å². The summed E-state index contributed by atoms with van der Waals surface area (Å²) in [6.07, 6.45) is 3.28. The molecule has 0 aliphatic rings. The van der Waals surface area contributed by atoms with Gasteiger partial charge in [-0.05, 0) is 29.8 Å². The standard InChI is InChI=1S/C13H11FN2O2/c14-11-6-10(3-4-12(11)17)13(18)16-8-9-2-1-5-15-7-9/h1-7,17H,8H2,(H,16,18). The maximum atomic E-state index is 13.1. The lowest BCUT2D eigenvalue weighted by atomic mass is 10.2. The van der Waals surface area contributed by atoms with Crippen molar-refractivity contribution >= 4 is 5.91 Å². The number of hydrogen-bond donors (Lipinski definition) is 2. The monoisotopic (exact) mass is 246 g/mol. The summed E-state index contributed by atoms with van der Waals surface area (Å²) in [5.41, 5.74) is 1.01. The number of nitrogens with one attached hydrogen (secondary N) is 1. The summed E-state index contributed by atoms with van der Waals surface area (Å²) < 4.78 is 13.1. The Labute approximate surface area is 103 Å². The van der Waals surface area contributed by atoms with Gasteiger partial charge in [0.2, 0.25) is 0 Å². The Kier molecular flexibility index (Phi) is 3.52. The molecule has 0 saturated carbocycles. The Morgan fingerprint density at radius 3 is 2.89 bits per heavy atom. The van der Waals surface area contributed by atoms with Gasteiger partial charge in [0, 0.05) is 24.5 Å². The maximum Gasteiger partial charge on any atom is 0.251 e. The number of amides is 1. The summed E-state index contributed by atoms with van der Waals surface area (Å²) >= 11 is 0. The van der Waals surface area contributed by atoms with Crippen LogP contribution in [0, 0.1) is 5.82 Å². The van der Waals surface area contributed by atoms with Crippen molar-refractivity contribution < 1.29 is 14.3 Å². The van der Waals surface area contributed by atoms with Crippen LogP contribution in [0.4, 0.5) is 4.39 Å². The van der Waals surface area contributed by atoms with Gasteiger partial charge >= 0.3 is 0 Å². The largest absolute Gasteiger partial charge is 0.505 e. The predicted molar refractivity (Wildman–Crippen MR) is 63.5 cm³/mol. The molecular formula is C13H11FN2O2. The molecule has 1 amide bonds. The van der Waals surface area contributed by atoms with Crippen molar-refractivity contribution in [1.29, 1.82) is 0 Å². The van der Waals surface area contributed by atoms with E-state index in [2.05, 4.69) is 10.3 Å². The van der Waals surface area contributed by atoms with E-state index in [4.69, 9.17) is 5.11 Å². The number of hydrogen-bond acceptors (Lipinski definition) is 3. The summed E-state index contributed by atoms with van der Waals surface area (Å²) in [5.74, 6) is -1.69. The van der Waals surface area contributed by atoms with Crippen LogP contribution < -0.4 is 5.32 Å². The van der Waals surface area contributed by atoms with E-state index < -0.39 is 17.5 Å². The number of rotatable bonds is 3. The number of aromatic nitrogens is 1. The summed E-state index contributed by atoms with van der Waals surface area (Å²) in [6.45, 7) is 0.315. The second kappa shape index (κ2) is 5.27. The Morgan fingerprint density at radius 1 is 1.39 bits per heavy atom. The van der Waals surface area contributed by atoms with Crippen LogP contribution in [-0.4, -0.2) is 16.0 Å². The van der Waals surface area contributed by atoms with Gasteiger partial charge in [0.1, 0.15) is 0 Å². The molecular weight excluding hydrogens is 235 g/mol. The van der Waals surface area contributed by atoms with Crippen LogP contribution in [0.25, 0.3) is 0 Å². The Bertz CT molecular complexity index is 558. The predicted octanol–water partition coefficient (Wildman–Crippen LogP) is 1.86. The number of phenols is 1. The zero-order valence-corrected chi connectivity index (χ0v) is 9.43. The fraction of sp³-hybridized carbons (Fsp3) is 0.0769. The molecule has 0 aliphatic heterocycles. The van der Waals surface area contributed by atoms with E-state index in [-0.39, 0.29) is 5.56 Å². The molecule has 0 radical (unpaired) electrons. The topological polar surface area (TPSA) is 62.2 Å². The minimum absolute atomic E-state index is 0.161. The third kappa shape index (κ3) is 2.82. The Hall–Kier alpha value is -2.43. The fourth-order valence-corrected chi connectivity index (χ4v) is 1.44. The number of aromatic hydroxyl groups is 1. The normalized spacial score (nSPS) is 10.1. The van der Waals surface area contributed by atoms with Gasteiger partial charge in [0.25, 0.3) is 5.91 Å². The van der Waals surface area contributed by atoms with Gasteiger partial charge < -0.3 is 10.4 Å². The number of halogens is 1. The molecule has 18 heavy (non-hydrogen) atoms. The Morgan fingerprint density at radius 2 is 2.22 bits per heavy atom. The van der Waals surface area contributed by atoms with Crippen LogP contribution in [0.5, 0.6) is 5.75 Å². The lowest BCUT2D eigenvalue weighted by Gasteiger charge is -2.05. The molecule has 0 aliphatic carbocycles. The lowest BCUT2D eigenvalue weighted by molar-refractivity contribution is 0.0950. The van der Waals surface area contributed by atoms with Crippen LogP contribution in [0.1, 0.15) is 15.9 Å². The van der Waals surface area contributed by atoms with Gasteiger partial charge in [0.15, 0.2) is 11.6 Å². The summed E-state index contributed by atoms with van der Waals surface area (Å²) in [7, 11) is 0. The molecule has 0 saturated heterocycles. The highest BCUT2D eigenvalue weighted by Gasteiger charge is 2.08. The molecule has 1 aromatic carbocycles. The molecule has 92 valence electrons. The highest BCUT2D eigenvalue weighted by atomic mass is 19.1. The molecule has 0 fully saturated rings. The van der Waals surface area contributed by atoms with Gasteiger partial charge in [-0.1, -0.05) is 6.07 Å². The summed E-state index contributed by atoms with van der Waals surface area (Å²) in [5, 5.41) is 11.7. The number of carbonyl (C=O) groups is 1. The molecule has 5 heteroatoms. The quantitative estimate of drug-likeness (QED) is 0.868. The van der Waals surface area contributed by atoms with E-state index in [0.717, 1.165) is 17.7 Å². The second-order valence-corrected chi connectivity index (χ2v) is 3.71. The summed E-state index contributed by atoms with van der Waals surface area (Å²) in [4.78, 5) is 15.6. The number of phenolic OH excluding ortho intramolecular Hbond substituents is 1. The van der Waals surface area contributed by atoms with Gasteiger partial charge in [-0.25, -0.2) is 4.39 Å². The van der Waals surface area contributed by atoms with Crippen molar-refractivity contribution in [3.8, 4) is 5.75 Å². The minimum atomic E-state index is -0.816. The molecule has 2 aromatic rings. The van der Waals surface area contributed by atoms with Crippen LogP contribution in [0.2, 0.25) is 0 Å². The van der Waals surface area contributed by atoms with Crippen LogP contribution >= 0.6 is 0 Å². The first kappa shape index (κ1) is 12.0.